The van der Waals surface area contributed by atoms with Gasteiger partial charge in [-0.2, -0.15) is 0 Å². The van der Waals surface area contributed by atoms with Gasteiger partial charge in [0.1, 0.15) is 12.3 Å². The topological polar surface area (TPSA) is 17.1 Å². The number of quaternary nitrogens is 1. The third-order valence-corrected chi connectivity index (χ3v) is 3.27. The zero-order valence-electron chi connectivity index (χ0n) is 11.3. The highest BCUT2D eigenvalue weighted by Gasteiger charge is 2.28. The first-order valence-electron chi connectivity index (χ1n) is 6.57. The van der Waals surface area contributed by atoms with E-state index in [1.165, 1.54) is 5.56 Å². The molecule has 2 rings (SSSR count). The lowest BCUT2D eigenvalue weighted by Crippen LogP contribution is -2.49. The number of nitrogens with zero attached hydrogens (tertiary/aromatic N) is 1. The molecule has 17 heavy (non-hydrogen) atoms. The molecule has 1 aromatic carbocycles. The minimum Gasteiger partial charge on any atom is -0.322 e. The molecule has 1 heterocycles. The molecule has 1 saturated heterocycles. The van der Waals surface area contributed by atoms with Crippen LogP contribution in [0.25, 0.3) is 0 Å². The van der Waals surface area contributed by atoms with E-state index in [0.717, 1.165) is 37.0 Å². The monoisotopic (exact) mass is 234 g/mol. The van der Waals surface area contributed by atoms with E-state index < -0.39 is 0 Å². The fourth-order valence-electron chi connectivity index (χ4n) is 2.21. The Balaban J connectivity index is 0.000000686. The molecule has 94 valence electrons. The molecular formula is C15H24NO+. The van der Waals surface area contributed by atoms with Crippen LogP contribution in [0.4, 0.5) is 0 Å². The van der Waals surface area contributed by atoms with E-state index in [1.807, 2.05) is 19.9 Å². The van der Waals surface area contributed by atoms with Gasteiger partial charge in [-0.05, 0) is 0 Å². The highest BCUT2D eigenvalue weighted by Crippen LogP contribution is 2.18. The van der Waals surface area contributed by atoms with Crippen LogP contribution in [0.3, 0.4) is 0 Å². The maximum absolute atomic E-state index is 11.2. The average Bonchev–Trinajstić information content (AvgIpc) is 2.37. The highest BCUT2D eigenvalue weighted by molar-refractivity contribution is 5.78. The smallest absolute Gasteiger partial charge is 0.144 e. The fraction of sp³-hybridized carbons (Fsp3) is 0.533. The first kappa shape index (κ1) is 13.9. The highest BCUT2D eigenvalue weighted by atomic mass is 16.1. The summed E-state index contributed by atoms with van der Waals surface area (Å²) in [5.41, 5.74) is 1.37. The molecule has 0 radical (unpaired) electrons. The zero-order chi connectivity index (χ0) is 12.7. The first-order valence-corrected chi connectivity index (χ1v) is 6.57. The molecule has 1 fully saturated rings. The van der Waals surface area contributed by atoms with E-state index in [2.05, 4.69) is 31.3 Å². The van der Waals surface area contributed by atoms with Crippen molar-refractivity contribution < 1.29 is 9.28 Å². The lowest BCUT2D eigenvalue weighted by molar-refractivity contribution is -0.923. The van der Waals surface area contributed by atoms with Crippen LogP contribution in [-0.2, 0) is 11.3 Å². The van der Waals surface area contributed by atoms with Gasteiger partial charge in [-0.3, -0.25) is 4.79 Å². The zero-order valence-corrected chi connectivity index (χ0v) is 11.3. The van der Waals surface area contributed by atoms with Crippen molar-refractivity contribution in [3.63, 3.8) is 0 Å². The van der Waals surface area contributed by atoms with Crippen LogP contribution in [0.15, 0.2) is 30.3 Å². The van der Waals surface area contributed by atoms with E-state index in [-0.39, 0.29) is 0 Å². The summed E-state index contributed by atoms with van der Waals surface area (Å²) in [7, 11) is 2.25. The predicted molar refractivity (Wildman–Crippen MR) is 71.7 cm³/mol. The van der Waals surface area contributed by atoms with Crippen LogP contribution in [0.1, 0.15) is 32.3 Å². The van der Waals surface area contributed by atoms with Crippen LogP contribution >= 0.6 is 0 Å². The van der Waals surface area contributed by atoms with E-state index >= 15 is 0 Å². The Kier molecular flexibility index (Phi) is 5.36. The predicted octanol–water partition coefficient (Wildman–Crippen LogP) is 3.02. The summed E-state index contributed by atoms with van der Waals surface area (Å²) < 4.78 is 1.01. The molecule has 0 aromatic heterocycles. The number of hydrogen-bond acceptors (Lipinski definition) is 1. The van der Waals surface area contributed by atoms with Gasteiger partial charge in [0.2, 0.25) is 0 Å². The van der Waals surface area contributed by atoms with Gasteiger partial charge < -0.3 is 4.48 Å². The Morgan fingerprint density at radius 3 is 2.12 bits per heavy atom. The number of carbonyl (C=O) groups is 1. The molecular weight excluding hydrogens is 210 g/mol. The second kappa shape index (κ2) is 6.55. The molecule has 1 aromatic rings. The quantitative estimate of drug-likeness (QED) is 0.719. The summed E-state index contributed by atoms with van der Waals surface area (Å²) in [6, 6.07) is 10.5. The Hall–Kier alpha value is -1.15. The number of carbonyl (C=O) groups excluding carboxylic acids is 1. The van der Waals surface area contributed by atoms with Gasteiger partial charge in [-0.1, -0.05) is 44.2 Å². The SMILES string of the molecule is CC.C[N+]1(Cc2ccccc2)CCC(=O)CC1. The summed E-state index contributed by atoms with van der Waals surface area (Å²) >= 11 is 0. The van der Waals surface area contributed by atoms with Gasteiger partial charge in [-0.15, -0.1) is 0 Å². The van der Waals surface area contributed by atoms with Crippen molar-refractivity contribution >= 4 is 5.78 Å². The molecule has 1 aliphatic rings. The number of benzene rings is 1. The van der Waals surface area contributed by atoms with Crippen molar-refractivity contribution in [2.75, 3.05) is 20.1 Å². The molecule has 0 aliphatic carbocycles. The minimum atomic E-state index is 0.429. The van der Waals surface area contributed by atoms with Crippen molar-refractivity contribution in [3.8, 4) is 0 Å². The van der Waals surface area contributed by atoms with Crippen LogP contribution < -0.4 is 0 Å². The van der Waals surface area contributed by atoms with E-state index in [0.29, 0.717) is 5.78 Å². The van der Waals surface area contributed by atoms with Crippen molar-refractivity contribution in [1.82, 2.24) is 0 Å². The summed E-state index contributed by atoms with van der Waals surface area (Å²) in [6.45, 7) is 7.04. The first-order chi connectivity index (χ1) is 8.18. The van der Waals surface area contributed by atoms with E-state index in [1.54, 1.807) is 0 Å². The maximum atomic E-state index is 11.2. The molecule has 0 N–H and O–H groups in total. The Morgan fingerprint density at radius 1 is 1.06 bits per heavy atom. The van der Waals surface area contributed by atoms with Crippen molar-refractivity contribution in [2.24, 2.45) is 0 Å². The lowest BCUT2D eigenvalue weighted by atomic mass is 10.1. The molecule has 0 unspecified atom stereocenters. The molecule has 0 saturated carbocycles. The molecule has 1 aliphatic heterocycles. The van der Waals surface area contributed by atoms with Gasteiger partial charge >= 0.3 is 0 Å². The second-order valence-corrected chi connectivity index (χ2v) is 4.75. The second-order valence-electron chi connectivity index (χ2n) is 4.75. The third-order valence-electron chi connectivity index (χ3n) is 3.27. The standard InChI is InChI=1S/C13H18NO.C2H6/c1-14(9-7-13(15)8-10-14)11-12-5-3-2-4-6-12;1-2/h2-6H,7-11H2,1H3;1-2H3/q+1;. The number of likely N-dealkylation sites (tertiary alicyclic amines) is 1. The summed E-state index contributed by atoms with van der Waals surface area (Å²) in [5.74, 6) is 0.429. The van der Waals surface area contributed by atoms with Gasteiger partial charge in [0.15, 0.2) is 0 Å². The Labute approximate surface area is 105 Å². The van der Waals surface area contributed by atoms with Gasteiger partial charge in [-0.25, -0.2) is 0 Å². The van der Waals surface area contributed by atoms with Crippen molar-refractivity contribution in [2.45, 2.75) is 33.2 Å². The lowest BCUT2D eigenvalue weighted by Gasteiger charge is -2.37. The molecule has 0 bridgehead atoms. The maximum Gasteiger partial charge on any atom is 0.144 e. The number of hydrogen-bond donors (Lipinski definition) is 0. The summed E-state index contributed by atoms with van der Waals surface area (Å²) in [6.07, 6.45) is 1.51. The summed E-state index contributed by atoms with van der Waals surface area (Å²) in [4.78, 5) is 11.2. The minimum absolute atomic E-state index is 0.429. The van der Waals surface area contributed by atoms with E-state index in [4.69, 9.17) is 0 Å². The molecule has 0 amide bonds. The molecule has 0 spiro atoms. The summed E-state index contributed by atoms with van der Waals surface area (Å²) in [5, 5.41) is 0. The van der Waals surface area contributed by atoms with Gasteiger partial charge in [0.05, 0.1) is 33.0 Å². The van der Waals surface area contributed by atoms with Crippen LogP contribution in [0, 0.1) is 0 Å². The van der Waals surface area contributed by atoms with Crippen LogP contribution in [-0.4, -0.2) is 30.4 Å². The largest absolute Gasteiger partial charge is 0.322 e. The van der Waals surface area contributed by atoms with Crippen molar-refractivity contribution in [1.29, 1.82) is 0 Å². The van der Waals surface area contributed by atoms with Gasteiger partial charge in [0.25, 0.3) is 0 Å². The van der Waals surface area contributed by atoms with Crippen LogP contribution in [0.2, 0.25) is 0 Å². The molecule has 2 heteroatoms. The number of piperidine rings is 1. The van der Waals surface area contributed by atoms with Gasteiger partial charge in [0, 0.05) is 5.56 Å². The number of Topliss-reactive ketones (excluding diaryl/α,β-unsaturated/α-hetero) is 1. The number of rotatable bonds is 2. The van der Waals surface area contributed by atoms with Crippen LogP contribution in [0.5, 0.6) is 0 Å². The third kappa shape index (κ3) is 4.31. The van der Waals surface area contributed by atoms with E-state index in [9.17, 15) is 4.79 Å². The number of ketones is 1. The molecule has 0 atom stereocenters. The fourth-order valence-corrected chi connectivity index (χ4v) is 2.21. The Bertz CT molecular complexity index is 335. The van der Waals surface area contributed by atoms with Crippen molar-refractivity contribution in [3.05, 3.63) is 35.9 Å². The Morgan fingerprint density at radius 2 is 1.59 bits per heavy atom. The normalized spacial score (nSPS) is 18.2. The average molecular weight is 234 g/mol. The molecule has 2 nitrogen and oxygen atoms in total.